The third kappa shape index (κ3) is 6.32. The zero-order valence-corrected chi connectivity index (χ0v) is 29.2. The molecule has 0 fully saturated rings. The second kappa shape index (κ2) is 14.6. The maximum absolute atomic E-state index is 15.3. The largest absolute Gasteiger partial charge is 0.458 e. The Morgan fingerprint density at radius 3 is 2.56 bits per heavy atom. The van der Waals surface area contributed by atoms with Gasteiger partial charge in [0, 0.05) is 35.5 Å². The standard InChI is InChI=1S/C38H47FN4O7/c1-4-6-7-8-9-10-11-12-32(46)42(15-16-44)20-31(45)40-28-14-13-23-22(3)27(39)18-29-33(23)34(28)24-19-43-30(35(24)41-29)17-26-25(36(43)47)21-50-37(48)38(26,49)5-2/h17-18,28,44,49H,4-16,19-21H2,1-3H3,(H,40,45)/t28?,38-/m0/s1. The lowest BCUT2D eigenvalue weighted by atomic mass is 9.81. The molecule has 11 nitrogen and oxygen atoms in total. The first-order valence-corrected chi connectivity index (χ1v) is 18.0. The molecule has 2 atom stereocenters. The number of hydrogen-bond acceptors (Lipinski definition) is 8. The van der Waals surface area contributed by atoms with Crippen LogP contribution < -0.4 is 10.9 Å². The highest BCUT2D eigenvalue weighted by Crippen LogP contribution is 2.46. The first-order valence-electron chi connectivity index (χ1n) is 18.0. The van der Waals surface area contributed by atoms with Gasteiger partial charge < -0.3 is 29.7 Å². The van der Waals surface area contributed by atoms with Gasteiger partial charge in [0.05, 0.1) is 48.2 Å². The number of cyclic esters (lactones) is 1. The van der Waals surface area contributed by atoms with E-state index in [0.29, 0.717) is 47.3 Å². The SMILES string of the molecule is CCCCCCCCCC(=O)N(CCO)CC(=O)NC1CCc2c(C)c(F)cc3nc4c(c1c23)Cn1c-4cc2c(c1=O)COC(=O)[C@]2(O)CC. The number of ether oxygens (including phenoxy) is 1. The number of aromatic nitrogens is 2. The molecule has 2 aliphatic heterocycles. The van der Waals surface area contributed by atoms with Crippen LogP contribution in [0.3, 0.4) is 0 Å². The molecule has 0 bridgehead atoms. The predicted octanol–water partition coefficient (Wildman–Crippen LogP) is 4.59. The fraction of sp³-hybridized carbons (Fsp3) is 0.553. The number of carbonyl (C=O) groups excluding carboxylic acids is 3. The number of nitrogens with one attached hydrogen (secondary N) is 1. The quantitative estimate of drug-likeness (QED) is 0.128. The fourth-order valence-electron chi connectivity index (χ4n) is 7.92. The summed E-state index contributed by atoms with van der Waals surface area (Å²) in [6.45, 7) is 4.96. The number of carbonyl (C=O) groups is 3. The molecular formula is C38H47FN4O7. The van der Waals surface area contributed by atoms with Gasteiger partial charge in [-0.2, -0.15) is 0 Å². The number of aliphatic hydroxyl groups is 2. The topological polar surface area (TPSA) is 151 Å². The average molecular weight is 691 g/mol. The normalized spacial score (nSPS) is 18.8. The van der Waals surface area contributed by atoms with Gasteiger partial charge in [0.1, 0.15) is 12.4 Å². The molecule has 3 aromatic rings. The highest BCUT2D eigenvalue weighted by atomic mass is 19.1. The van der Waals surface area contributed by atoms with Crippen LogP contribution in [0.4, 0.5) is 4.39 Å². The summed E-state index contributed by atoms with van der Waals surface area (Å²) in [7, 11) is 0. The maximum Gasteiger partial charge on any atom is 0.343 e. The van der Waals surface area contributed by atoms with Crippen LogP contribution in [-0.2, 0) is 44.3 Å². The van der Waals surface area contributed by atoms with Crippen LogP contribution in [0, 0.1) is 12.7 Å². The molecule has 4 heterocycles. The van der Waals surface area contributed by atoms with Crippen molar-refractivity contribution in [2.24, 2.45) is 0 Å². The summed E-state index contributed by atoms with van der Waals surface area (Å²) in [5.74, 6) is -1.79. The number of aryl methyl sites for hydroxylation is 1. The van der Waals surface area contributed by atoms with Crippen molar-refractivity contribution < 1.29 is 33.7 Å². The third-order valence-corrected chi connectivity index (χ3v) is 10.8. The number of nitrogens with zero attached hydrogens (tertiary/aromatic N) is 3. The molecule has 268 valence electrons. The molecule has 1 aromatic carbocycles. The van der Waals surface area contributed by atoms with Gasteiger partial charge in [-0.15, -0.1) is 0 Å². The van der Waals surface area contributed by atoms with E-state index < -0.39 is 29.0 Å². The molecule has 1 unspecified atom stereocenters. The van der Waals surface area contributed by atoms with Crippen LogP contribution in [-0.4, -0.2) is 62.1 Å². The number of aliphatic hydroxyl groups excluding tert-OH is 1. The summed E-state index contributed by atoms with van der Waals surface area (Å²) in [6.07, 6.45) is 8.71. The number of unbranched alkanes of at least 4 members (excludes halogenated alkanes) is 6. The molecule has 12 heteroatoms. The molecular weight excluding hydrogens is 643 g/mol. The smallest absolute Gasteiger partial charge is 0.343 e. The van der Waals surface area contributed by atoms with Crippen molar-refractivity contribution in [1.29, 1.82) is 0 Å². The van der Waals surface area contributed by atoms with Gasteiger partial charge in [0.25, 0.3) is 5.56 Å². The van der Waals surface area contributed by atoms with Crippen LogP contribution >= 0.6 is 0 Å². The molecule has 0 saturated heterocycles. The first-order chi connectivity index (χ1) is 24.0. The molecule has 50 heavy (non-hydrogen) atoms. The maximum atomic E-state index is 15.3. The number of fused-ring (bicyclic) bond motifs is 5. The summed E-state index contributed by atoms with van der Waals surface area (Å²) in [4.78, 5) is 59.5. The molecule has 6 rings (SSSR count). The van der Waals surface area contributed by atoms with Gasteiger partial charge in [0.15, 0.2) is 5.60 Å². The van der Waals surface area contributed by atoms with Gasteiger partial charge in [-0.05, 0) is 55.4 Å². The predicted molar refractivity (Wildman–Crippen MR) is 185 cm³/mol. The monoisotopic (exact) mass is 690 g/mol. The zero-order valence-electron chi connectivity index (χ0n) is 29.2. The Bertz CT molecular complexity index is 1910. The fourth-order valence-corrected chi connectivity index (χ4v) is 7.92. The van der Waals surface area contributed by atoms with Gasteiger partial charge >= 0.3 is 5.97 Å². The summed E-state index contributed by atoms with van der Waals surface area (Å²) in [5.41, 5.74) is 1.91. The summed E-state index contributed by atoms with van der Waals surface area (Å²) >= 11 is 0. The zero-order chi connectivity index (χ0) is 35.7. The molecule has 0 radical (unpaired) electrons. The van der Waals surface area contributed by atoms with Crippen molar-refractivity contribution >= 4 is 28.7 Å². The van der Waals surface area contributed by atoms with Crippen LogP contribution in [0.15, 0.2) is 16.9 Å². The minimum Gasteiger partial charge on any atom is -0.458 e. The Kier molecular flexibility index (Phi) is 10.4. The lowest BCUT2D eigenvalue weighted by Gasteiger charge is -2.31. The van der Waals surface area contributed by atoms with E-state index in [4.69, 9.17) is 9.72 Å². The second-order valence-electron chi connectivity index (χ2n) is 13.9. The molecule has 0 saturated carbocycles. The number of amides is 2. The van der Waals surface area contributed by atoms with E-state index in [1.807, 2.05) is 0 Å². The summed E-state index contributed by atoms with van der Waals surface area (Å²) in [5, 5.41) is 24.8. The van der Waals surface area contributed by atoms with Crippen molar-refractivity contribution in [2.45, 2.75) is 116 Å². The van der Waals surface area contributed by atoms with E-state index in [0.717, 1.165) is 42.2 Å². The second-order valence-corrected chi connectivity index (χ2v) is 13.9. The van der Waals surface area contributed by atoms with Crippen LogP contribution in [0.25, 0.3) is 22.3 Å². The molecule has 0 spiro atoms. The summed E-state index contributed by atoms with van der Waals surface area (Å²) < 4.78 is 22.0. The van der Waals surface area contributed by atoms with Crippen molar-refractivity contribution in [3.05, 3.63) is 61.7 Å². The van der Waals surface area contributed by atoms with Gasteiger partial charge in [-0.3, -0.25) is 14.4 Å². The van der Waals surface area contributed by atoms with Gasteiger partial charge in [0.2, 0.25) is 11.8 Å². The Balaban J connectivity index is 1.31. The molecule has 3 N–H and O–H groups in total. The third-order valence-electron chi connectivity index (χ3n) is 10.8. The Hall–Kier alpha value is -4.16. The van der Waals surface area contributed by atoms with Crippen LogP contribution in [0.2, 0.25) is 0 Å². The lowest BCUT2D eigenvalue weighted by molar-refractivity contribution is -0.172. The summed E-state index contributed by atoms with van der Waals surface area (Å²) in [6, 6.07) is 2.46. The van der Waals surface area contributed by atoms with E-state index in [9.17, 15) is 29.4 Å². The van der Waals surface area contributed by atoms with E-state index in [-0.39, 0.29) is 62.2 Å². The number of pyridine rings is 2. The molecule has 3 aliphatic rings. The minimum absolute atomic E-state index is 0.00177. The van der Waals surface area contributed by atoms with Crippen LogP contribution in [0.1, 0.15) is 117 Å². The number of halogens is 1. The van der Waals surface area contributed by atoms with Crippen LogP contribution in [0.5, 0.6) is 0 Å². The van der Waals surface area contributed by atoms with Gasteiger partial charge in [-0.25, -0.2) is 14.2 Å². The first kappa shape index (κ1) is 35.7. The van der Waals surface area contributed by atoms with E-state index >= 15 is 4.39 Å². The average Bonchev–Trinajstić information content (AvgIpc) is 3.47. The number of esters is 1. The minimum atomic E-state index is -1.99. The molecule has 2 aromatic heterocycles. The highest BCUT2D eigenvalue weighted by Gasteiger charge is 2.46. The van der Waals surface area contributed by atoms with E-state index in [2.05, 4.69) is 12.2 Å². The van der Waals surface area contributed by atoms with E-state index in [1.54, 1.807) is 19.9 Å². The number of hydrogen-bond donors (Lipinski definition) is 3. The Morgan fingerprint density at radius 1 is 1.10 bits per heavy atom. The lowest BCUT2D eigenvalue weighted by Crippen LogP contribution is -2.44. The van der Waals surface area contributed by atoms with Crippen molar-refractivity contribution in [3.8, 4) is 11.4 Å². The Labute approximate surface area is 290 Å². The van der Waals surface area contributed by atoms with Gasteiger partial charge in [-0.1, -0.05) is 52.4 Å². The molecule has 2 amide bonds. The highest BCUT2D eigenvalue weighted by molar-refractivity contribution is 5.94. The number of benzene rings is 1. The molecule has 1 aliphatic carbocycles. The Morgan fingerprint density at radius 2 is 1.84 bits per heavy atom. The van der Waals surface area contributed by atoms with Crippen molar-refractivity contribution in [3.63, 3.8) is 0 Å². The van der Waals surface area contributed by atoms with E-state index in [1.165, 1.54) is 34.8 Å². The van der Waals surface area contributed by atoms with Crippen molar-refractivity contribution in [1.82, 2.24) is 19.8 Å². The number of rotatable bonds is 14. The van der Waals surface area contributed by atoms with Crippen molar-refractivity contribution in [2.75, 3.05) is 19.7 Å².